The monoisotopic (exact) mass is 493 g/mol. The molecule has 0 bridgehead atoms. The van der Waals surface area contributed by atoms with Crippen LogP contribution in [0.2, 0.25) is 0 Å². The predicted octanol–water partition coefficient (Wildman–Crippen LogP) is 5.13. The standard InChI is InChI=1S/C28H32FN3O2S/c1-3-23-9-4-5-13-27(23)24-10-6-8-22(16-24)19-31-15-14-28(18-21(31)2)20-30-35(33,34)32(28)26-12-7-11-25(29)17-26/h4-13,16-17,21,30H,3,14-15,18-20H2,1-2H3/t21-,28+/m0/s1. The fourth-order valence-corrected chi connectivity index (χ4v) is 7.46. The number of aryl methyl sites for hydroxylation is 1. The van der Waals surface area contributed by atoms with Gasteiger partial charge in [0, 0.05) is 25.7 Å². The first-order valence-corrected chi connectivity index (χ1v) is 13.7. The van der Waals surface area contributed by atoms with Gasteiger partial charge in [0.1, 0.15) is 5.82 Å². The zero-order valence-corrected chi connectivity index (χ0v) is 21.1. The van der Waals surface area contributed by atoms with Gasteiger partial charge in [-0.2, -0.15) is 13.1 Å². The van der Waals surface area contributed by atoms with Crippen LogP contribution in [-0.2, 0) is 23.2 Å². The van der Waals surface area contributed by atoms with Crippen molar-refractivity contribution in [1.29, 1.82) is 0 Å². The van der Waals surface area contributed by atoms with Gasteiger partial charge in [-0.1, -0.05) is 55.5 Å². The van der Waals surface area contributed by atoms with Gasteiger partial charge in [-0.05, 0) is 72.7 Å². The largest absolute Gasteiger partial charge is 0.302 e. The van der Waals surface area contributed by atoms with Crippen LogP contribution >= 0.6 is 0 Å². The van der Waals surface area contributed by atoms with Crippen LogP contribution in [0.25, 0.3) is 11.1 Å². The van der Waals surface area contributed by atoms with Crippen molar-refractivity contribution in [3.63, 3.8) is 0 Å². The van der Waals surface area contributed by atoms with E-state index >= 15 is 0 Å². The van der Waals surface area contributed by atoms with Gasteiger partial charge >= 0.3 is 10.2 Å². The van der Waals surface area contributed by atoms with Crippen molar-refractivity contribution in [3.8, 4) is 11.1 Å². The number of piperidine rings is 1. The summed E-state index contributed by atoms with van der Waals surface area (Å²) in [5.74, 6) is -0.435. The summed E-state index contributed by atoms with van der Waals surface area (Å²) in [5.41, 5.74) is 4.88. The molecule has 0 saturated carbocycles. The van der Waals surface area contributed by atoms with Gasteiger partial charge in [-0.3, -0.25) is 9.21 Å². The van der Waals surface area contributed by atoms with Gasteiger partial charge in [0.25, 0.3) is 0 Å². The molecule has 2 atom stereocenters. The molecule has 2 aliphatic rings. The number of nitrogens with zero attached hydrogens (tertiary/aromatic N) is 2. The zero-order chi connectivity index (χ0) is 24.6. The zero-order valence-electron chi connectivity index (χ0n) is 20.2. The highest BCUT2D eigenvalue weighted by Gasteiger charge is 2.52. The van der Waals surface area contributed by atoms with E-state index in [0.29, 0.717) is 25.1 Å². The molecule has 7 heteroatoms. The van der Waals surface area contributed by atoms with Gasteiger partial charge in [0.2, 0.25) is 0 Å². The van der Waals surface area contributed by atoms with E-state index in [1.54, 1.807) is 12.1 Å². The minimum Gasteiger partial charge on any atom is -0.296 e. The molecule has 2 aliphatic heterocycles. The molecule has 1 N–H and O–H groups in total. The van der Waals surface area contributed by atoms with Crippen molar-refractivity contribution < 1.29 is 12.8 Å². The lowest BCUT2D eigenvalue weighted by Crippen LogP contribution is -2.57. The molecule has 2 saturated heterocycles. The average Bonchev–Trinajstić information content (AvgIpc) is 3.10. The molecule has 0 unspecified atom stereocenters. The van der Waals surface area contributed by atoms with E-state index in [9.17, 15) is 12.8 Å². The lowest BCUT2D eigenvalue weighted by atomic mass is 9.83. The second-order valence-corrected chi connectivity index (χ2v) is 11.4. The third kappa shape index (κ3) is 4.60. The summed E-state index contributed by atoms with van der Waals surface area (Å²) >= 11 is 0. The molecule has 5 rings (SSSR count). The number of likely N-dealkylation sites (tertiary alicyclic amines) is 1. The second-order valence-electron chi connectivity index (χ2n) is 9.78. The Morgan fingerprint density at radius 1 is 1.06 bits per heavy atom. The van der Waals surface area contributed by atoms with Crippen LogP contribution in [0.1, 0.15) is 37.8 Å². The SMILES string of the molecule is CCc1ccccc1-c1cccc(CN2CC[C@]3(CNS(=O)(=O)N3c3cccc(F)c3)C[C@@H]2C)c1. The van der Waals surface area contributed by atoms with E-state index in [2.05, 4.69) is 72.0 Å². The summed E-state index contributed by atoms with van der Waals surface area (Å²) in [4.78, 5) is 2.42. The molecule has 184 valence electrons. The Balaban J connectivity index is 1.36. The van der Waals surface area contributed by atoms with E-state index in [1.165, 1.54) is 38.7 Å². The van der Waals surface area contributed by atoms with Gasteiger partial charge in [0.15, 0.2) is 0 Å². The lowest BCUT2D eigenvalue weighted by Gasteiger charge is -2.47. The van der Waals surface area contributed by atoms with Crippen molar-refractivity contribution in [3.05, 3.63) is 89.7 Å². The quantitative estimate of drug-likeness (QED) is 0.536. The first-order valence-electron chi connectivity index (χ1n) is 12.3. The smallest absolute Gasteiger partial charge is 0.296 e. The Hall–Kier alpha value is -2.74. The van der Waals surface area contributed by atoms with Crippen LogP contribution in [0.3, 0.4) is 0 Å². The molecular weight excluding hydrogens is 461 g/mol. The summed E-state index contributed by atoms with van der Waals surface area (Å²) in [7, 11) is -3.71. The summed E-state index contributed by atoms with van der Waals surface area (Å²) in [6, 6.07) is 23.3. The van der Waals surface area contributed by atoms with Crippen LogP contribution in [0.15, 0.2) is 72.8 Å². The fourth-order valence-electron chi connectivity index (χ4n) is 5.75. The normalized spacial score (nSPS) is 24.2. The number of hydrogen-bond donors (Lipinski definition) is 1. The Morgan fingerprint density at radius 2 is 1.86 bits per heavy atom. The number of benzene rings is 3. The summed E-state index contributed by atoms with van der Waals surface area (Å²) in [5, 5.41) is 0. The Bertz CT molecular complexity index is 1330. The first kappa shape index (κ1) is 24.0. The molecule has 5 nitrogen and oxygen atoms in total. The van der Waals surface area contributed by atoms with Gasteiger partial charge in [-0.25, -0.2) is 4.39 Å². The second kappa shape index (κ2) is 9.37. The molecule has 0 aliphatic carbocycles. The van der Waals surface area contributed by atoms with Crippen molar-refractivity contribution in [2.45, 2.75) is 51.2 Å². The predicted molar refractivity (Wildman–Crippen MR) is 139 cm³/mol. The molecule has 3 aromatic carbocycles. The molecule has 0 aromatic heterocycles. The lowest BCUT2D eigenvalue weighted by molar-refractivity contribution is 0.106. The maximum absolute atomic E-state index is 14.0. The molecule has 3 aromatic rings. The number of halogens is 1. The molecule has 0 radical (unpaired) electrons. The van der Waals surface area contributed by atoms with E-state index in [4.69, 9.17) is 0 Å². The Labute approximate surface area is 207 Å². The van der Waals surface area contributed by atoms with Crippen LogP contribution in [0.4, 0.5) is 10.1 Å². The number of anilines is 1. The summed E-state index contributed by atoms with van der Waals surface area (Å²) in [6.07, 6.45) is 2.34. The Kier molecular flexibility index (Phi) is 6.42. The number of hydrogen-bond acceptors (Lipinski definition) is 3. The molecular formula is C28H32FN3O2S. The van der Waals surface area contributed by atoms with Gasteiger partial charge in [-0.15, -0.1) is 0 Å². The molecule has 1 spiro atoms. The molecule has 0 amide bonds. The highest BCUT2D eigenvalue weighted by atomic mass is 32.2. The third-order valence-electron chi connectivity index (χ3n) is 7.48. The topological polar surface area (TPSA) is 52.7 Å². The van der Waals surface area contributed by atoms with Crippen molar-refractivity contribution >= 4 is 15.9 Å². The van der Waals surface area contributed by atoms with E-state index in [0.717, 1.165) is 19.5 Å². The highest BCUT2D eigenvalue weighted by Crippen LogP contribution is 2.41. The van der Waals surface area contributed by atoms with Crippen molar-refractivity contribution in [2.75, 3.05) is 17.4 Å². The Morgan fingerprint density at radius 3 is 2.63 bits per heavy atom. The minimum absolute atomic E-state index is 0.168. The highest BCUT2D eigenvalue weighted by molar-refractivity contribution is 7.91. The van der Waals surface area contributed by atoms with E-state index in [1.807, 2.05) is 0 Å². The van der Waals surface area contributed by atoms with Crippen LogP contribution in [0, 0.1) is 5.82 Å². The maximum Gasteiger partial charge on any atom is 0.302 e. The van der Waals surface area contributed by atoms with Gasteiger partial charge < -0.3 is 0 Å². The van der Waals surface area contributed by atoms with Gasteiger partial charge in [0.05, 0.1) is 11.2 Å². The van der Waals surface area contributed by atoms with Crippen LogP contribution in [0.5, 0.6) is 0 Å². The average molecular weight is 494 g/mol. The van der Waals surface area contributed by atoms with Crippen molar-refractivity contribution in [2.24, 2.45) is 0 Å². The maximum atomic E-state index is 14.0. The summed E-state index contributed by atoms with van der Waals surface area (Å²) in [6.45, 7) is 6.25. The van der Waals surface area contributed by atoms with E-state index in [-0.39, 0.29) is 6.04 Å². The summed E-state index contributed by atoms with van der Waals surface area (Å²) < 4.78 is 44.0. The molecule has 2 heterocycles. The third-order valence-corrected chi connectivity index (χ3v) is 9.07. The number of rotatable bonds is 5. The minimum atomic E-state index is -3.71. The number of nitrogens with one attached hydrogen (secondary N) is 1. The van der Waals surface area contributed by atoms with Crippen molar-refractivity contribution in [1.82, 2.24) is 9.62 Å². The molecule has 2 fully saturated rings. The van der Waals surface area contributed by atoms with Crippen LogP contribution < -0.4 is 9.03 Å². The first-order chi connectivity index (χ1) is 16.8. The molecule has 35 heavy (non-hydrogen) atoms. The van der Waals surface area contributed by atoms with E-state index < -0.39 is 21.6 Å². The fraction of sp³-hybridized carbons (Fsp3) is 0.357. The van der Waals surface area contributed by atoms with Crippen LogP contribution in [-0.4, -0.2) is 38.0 Å².